The van der Waals surface area contributed by atoms with Crippen LogP contribution in [0.5, 0.6) is 0 Å². The van der Waals surface area contributed by atoms with Gasteiger partial charge in [0.05, 0.1) is 16.1 Å². The van der Waals surface area contributed by atoms with Gasteiger partial charge in [-0.2, -0.15) is 5.26 Å². The van der Waals surface area contributed by atoms with E-state index in [4.69, 9.17) is 40.1 Å². The van der Waals surface area contributed by atoms with E-state index in [2.05, 4.69) is 5.32 Å². The highest BCUT2D eigenvalue weighted by atomic mass is 35.5. The third kappa shape index (κ3) is 4.50. The van der Waals surface area contributed by atoms with E-state index in [0.717, 1.165) is 0 Å². The first kappa shape index (κ1) is 17.6. The molecule has 1 aromatic rings. The number of nitrogens with zero attached hydrogens (tertiary/aromatic N) is 2. The van der Waals surface area contributed by atoms with E-state index in [-0.39, 0.29) is 17.4 Å². The zero-order valence-corrected chi connectivity index (χ0v) is 13.3. The lowest BCUT2D eigenvalue weighted by atomic mass is 10.2. The lowest BCUT2D eigenvalue weighted by molar-refractivity contribution is -0.125. The SMILES string of the molecule is CC(C(=O)NCC#N)N(C(=O)CCl)c1ccc(Cl)c(Cl)c1. The van der Waals surface area contributed by atoms with Gasteiger partial charge in [-0.25, -0.2) is 0 Å². The van der Waals surface area contributed by atoms with E-state index in [9.17, 15) is 9.59 Å². The van der Waals surface area contributed by atoms with Crippen LogP contribution >= 0.6 is 34.8 Å². The number of alkyl halides is 1. The van der Waals surface area contributed by atoms with Gasteiger partial charge in [-0.05, 0) is 25.1 Å². The third-order valence-corrected chi connectivity index (χ3v) is 3.64. The maximum Gasteiger partial charge on any atom is 0.243 e. The number of halogens is 3. The summed E-state index contributed by atoms with van der Waals surface area (Å²) in [7, 11) is 0. The van der Waals surface area contributed by atoms with Gasteiger partial charge in [0.2, 0.25) is 11.8 Å². The average Bonchev–Trinajstić information content (AvgIpc) is 2.48. The molecule has 0 aliphatic heterocycles. The molecule has 0 aliphatic carbocycles. The van der Waals surface area contributed by atoms with Crippen molar-refractivity contribution in [2.45, 2.75) is 13.0 Å². The molecule has 1 unspecified atom stereocenters. The smallest absolute Gasteiger partial charge is 0.243 e. The predicted octanol–water partition coefficient (Wildman–Crippen LogP) is 2.59. The Hall–Kier alpha value is -1.48. The highest BCUT2D eigenvalue weighted by Crippen LogP contribution is 2.28. The maximum atomic E-state index is 12.0. The maximum absolute atomic E-state index is 12.0. The van der Waals surface area contributed by atoms with E-state index in [1.165, 1.54) is 24.0 Å². The van der Waals surface area contributed by atoms with Crippen LogP contribution in [-0.4, -0.2) is 30.3 Å². The van der Waals surface area contributed by atoms with Crippen LogP contribution in [0.15, 0.2) is 18.2 Å². The minimum atomic E-state index is -0.846. The molecule has 21 heavy (non-hydrogen) atoms. The highest BCUT2D eigenvalue weighted by Gasteiger charge is 2.27. The van der Waals surface area contributed by atoms with Crippen molar-refractivity contribution >= 4 is 52.3 Å². The summed E-state index contributed by atoms with van der Waals surface area (Å²) >= 11 is 17.3. The molecule has 1 aromatic carbocycles. The summed E-state index contributed by atoms with van der Waals surface area (Å²) in [6.07, 6.45) is 0. The van der Waals surface area contributed by atoms with Crippen LogP contribution in [0.4, 0.5) is 5.69 Å². The van der Waals surface area contributed by atoms with Crippen LogP contribution in [0.1, 0.15) is 6.92 Å². The first-order valence-electron chi connectivity index (χ1n) is 5.90. The van der Waals surface area contributed by atoms with Crippen LogP contribution in [0.2, 0.25) is 10.0 Å². The molecule has 0 spiro atoms. The molecule has 0 aromatic heterocycles. The Morgan fingerprint density at radius 3 is 2.57 bits per heavy atom. The van der Waals surface area contributed by atoms with Gasteiger partial charge in [0.25, 0.3) is 0 Å². The molecule has 1 atom stereocenters. The van der Waals surface area contributed by atoms with Crippen molar-refractivity contribution in [2.75, 3.05) is 17.3 Å². The highest BCUT2D eigenvalue weighted by molar-refractivity contribution is 6.42. The van der Waals surface area contributed by atoms with E-state index in [0.29, 0.717) is 10.7 Å². The molecular weight excluding hydrogens is 337 g/mol. The number of benzene rings is 1. The molecule has 1 rings (SSSR count). The van der Waals surface area contributed by atoms with Crippen molar-refractivity contribution in [3.8, 4) is 6.07 Å². The molecule has 0 fully saturated rings. The van der Waals surface area contributed by atoms with Crippen molar-refractivity contribution in [2.24, 2.45) is 0 Å². The predicted molar refractivity (Wildman–Crippen MR) is 82.8 cm³/mol. The van der Waals surface area contributed by atoms with E-state index < -0.39 is 17.9 Å². The molecule has 0 radical (unpaired) electrons. The molecule has 8 heteroatoms. The fourth-order valence-corrected chi connectivity index (χ4v) is 2.10. The zero-order chi connectivity index (χ0) is 16.0. The first-order chi connectivity index (χ1) is 9.92. The van der Waals surface area contributed by atoms with Crippen molar-refractivity contribution in [1.29, 1.82) is 5.26 Å². The monoisotopic (exact) mass is 347 g/mol. The van der Waals surface area contributed by atoms with Gasteiger partial charge >= 0.3 is 0 Å². The number of hydrogen-bond donors (Lipinski definition) is 1. The number of carbonyl (C=O) groups is 2. The minimum Gasteiger partial charge on any atom is -0.341 e. The van der Waals surface area contributed by atoms with Crippen molar-refractivity contribution in [3.05, 3.63) is 28.2 Å². The second-order valence-electron chi connectivity index (χ2n) is 4.05. The Morgan fingerprint density at radius 2 is 2.05 bits per heavy atom. The topological polar surface area (TPSA) is 73.2 Å². The van der Waals surface area contributed by atoms with Gasteiger partial charge in [-0.15, -0.1) is 11.6 Å². The lowest BCUT2D eigenvalue weighted by Crippen LogP contribution is -2.48. The molecule has 0 aliphatic rings. The number of anilines is 1. The van der Waals surface area contributed by atoms with Crippen LogP contribution in [0, 0.1) is 11.3 Å². The third-order valence-electron chi connectivity index (χ3n) is 2.67. The van der Waals surface area contributed by atoms with E-state index >= 15 is 0 Å². The molecule has 0 bridgehead atoms. The van der Waals surface area contributed by atoms with Gasteiger partial charge in [0.1, 0.15) is 18.5 Å². The minimum absolute atomic E-state index is 0.145. The summed E-state index contributed by atoms with van der Waals surface area (Å²) in [6.45, 7) is 1.38. The van der Waals surface area contributed by atoms with Crippen LogP contribution in [0.25, 0.3) is 0 Å². The molecule has 5 nitrogen and oxygen atoms in total. The Bertz CT molecular complexity index is 587. The molecule has 0 saturated carbocycles. The van der Waals surface area contributed by atoms with Gasteiger partial charge in [-0.3, -0.25) is 14.5 Å². The number of nitrogens with one attached hydrogen (secondary N) is 1. The number of rotatable bonds is 5. The lowest BCUT2D eigenvalue weighted by Gasteiger charge is -2.28. The normalized spacial score (nSPS) is 11.4. The Labute approximate surface area is 137 Å². The standard InChI is InChI=1S/C13H12Cl3N3O2/c1-8(13(21)18-5-4-17)19(12(20)7-14)9-2-3-10(15)11(16)6-9/h2-3,6,8H,5,7H2,1H3,(H,18,21). The molecule has 112 valence electrons. The quantitative estimate of drug-likeness (QED) is 0.656. The van der Waals surface area contributed by atoms with Crippen molar-refractivity contribution < 1.29 is 9.59 Å². The van der Waals surface area contributed by atoms with E-state index in [1.54, 1.807) is 12.1 Å². The van der Waals surface area contributed by atoms with Crippen molar-refractivity contribution in [1.82, 2.24) is 5.32 Å². The Balaban J connectivity index is 3.11. The molecule has 1 N–H and O–H groups in total. The van der Waals surface area contributed by atoms with E-state index in [1.807, 2.05) is 0 Å². The zero-order valence-electron chi connectivity index (χ0n) is 11.1. The van der Waals surface area contributed by atoms with Crippen LogP contribution < -0.4 is 10.2 Å². The number of nitriles is 1. The van der Waals surface area contributed by atoms with Crippen LogP contribution in [0.3, 0.4) is 0 Å². The Kier molecular flexibility index (Phi) is 6.76. The van der Waals surface area contributed by atoms with Gasteiger partial charge < -0.3 is 5.32 Å². The van der Waals surface area contributed by atoms with Crippen LogP contribution in [-0.2, 0) is 9.59 Å². The Morgan fingerprint density at radius 1 is 1.38 bits per heavy atom. The summed E-state index contributed by atoms with van der Waals surface area (Å²) in [5, 5.41) is 11.5. The average molecular weight is 349 g/mol. The largest absolute Gasteiger partial charge is 0.341 e. The first-order valence-corrected chi connectivity index (χ1v) is 7.19. The summed E-state index contributed by atoms with van der Waals surface area (Å²) in [6, 6.07) is 5.50. The second kappa shape index (κ2) is 8.08. The summed E-state index contributed by atoms with van der Waals surface area (Å²) in [5.41, 5.74) is 0.398. The molecule has 0 saturated heterocycles. The number of carbonyl (C=O) groups excluding carboxylic acids is 2. The second-order valence-corrected chi connectivity index (χ2v) is 5.13. The number of hydrogen-bond acceptors (Lipinski definition) is 3. The van der Waals surface area contributed by atoms with Crippen molar-refractivity contribution in [3.63, 3.8) is 0 Å². The van der Waals surface area contributed by atoms with Gasteiger partial charge in [0.15, 0.2) is 0 Å². The van der Waals surface area contributed by atoms with Gasteiger partial charge in [0, 0.05) is 5.69 Å². The fraction of sp³-hybridized carbons (Fsp3) is 0.308. The fourth-order valence-electron chi connectivity index (χ4n) is 1.67. The summed E-state index contributed by atoms with van der Waals surface area (Å²) < 4.78 is 0. The molecule has 0 heterocycles. The summed E-state index contributed by atoms with van der Waals surface area (Å²) in [5.74, 6) is -1.23. The number of amides is 2. The summed E-state index contributed by atoms with van der Waals surface area (Å²) in [4.78, 5) is 25.1. The van der Waals surface area contributed by atoms with Gasteiger partial charge in [-0.1, -0.05) is 23.2 Å². The molecule has 2 amide bonds. The molecular formula is C13H12Cl3N3O2.